The highest BCUT2D eigenvalue weighted by Crippen LogP contribution is 2.26. The number of nitrogens with one attached hydrogen (secondary N) is 1. The molecule has 2 N–H and O–H groups in total. The number of aryl methyl sites for hydroxylation is 1. The van der Waals surface area contributed by atoms with E-state index in [0.717, 1.165) is 15.3 Å². The Morgan fingerprint density at radius 3 is 2.71 bits per heavy atom. The third-order valence-corrected chi connectivity index (χ3v) is 3.93. The average molecular weight is 306 g/mol. The lowest BCUT2D eigenvalue weighted by molar-refractivity contribution is -0.384. The molecule has 0 aliphatic heterocycles. The topological polar surface area (TPSA) is 92.5 Å². The summed E-state index contributed by atoms with van der Waals surface area (Å²) in [5.74, 6) is -0.870. The normalized spacial score (nSPS) is 10.3. The van der Waals surface area contributed by atoms with E-state index in [0.29, 0.717) is 12.2 Å². The third-order valence-electron chi connectivity index (χ3n) is 2.84. The SMILES string of the molecule is Cc1ccc([N+](=O)[O-])c(NCc2ccc(CC(=O)O)s2)c1. The van der Waals surface area contributed by atoms with Gasteiger partial charge < -0.3 is 10.4 Å². The molecule has 1 heterocycles. The standard InChI is InChI=1S/C14H14N2O4S/c1-9-2-5-13(16(19)20)12(6-9)15-8-11-4-3-10(21-11)7-14(17)18/h2-6,15H,7-8H2,1H3,(H,17,18). The van der Waals surface area contributed by atoms with E-state index in [1.165, 1.54) is 17.4 Å². The molecule has 6 nitrogen and oxygen atoms in total. The summed E-state index contributed by atoms with van der Waals surface area (Å²) in [5.41, 5.74) is 1.43. The number of benzene rings is 1. The molecule has 2 aromatic rings. The van der Waals surface area contributed by atoms with E-state index >= 15 is 0 Å². The van der Waals surface area contributed by atoms with Gasteiger partial charge in [-0.1, -0.05) is 6.07 Å². The summed E-state index contributed by atoms with van der Waals surface area (Å²) in [4.78, 5) is 22.9. The molecule has 0 spiro atoms. The van der Waals surface area contributed by atoms with Gasteiger partial charge in [-0.05, 0) is 30.7 Å². The lowest BCUT2D eigenvalue weighted by Crippen LogP contribution is -2.01. The van der Waals surface area contributed by atoms with Crippen LogP contribution in [0.4, 0.5) is 11.4 Å². The van der Waals surface area contributed by atoms with E-state index in [2.05, 4.69) is 5.32 Å². The van der Waals surface area contributed by atoms with Gasteiger partial charge in [-0.2, -0.15) is 0 Å². The molecular formula is C14H14N2O4S. The van der Waals surface area contributed by atoms with Crippen LogP contribution in [0.25, 0.3) is 0 Å². The minimum absolute atomic E-state index is 0.00470. The van der Waals surface area contributed by atoms with E-state index in [1.54, 1.807) is 18.2 Å². The zero-order valence-corrected chi connectivity index (χ0v) is 12.1. The third kappa shape index (κ3) is 4.03. The van der Waals surface area contributed by atoms with Gasteiger partial charge in [-0.25, -0.2) is 0 Å². The van der Waals surface area contributed by atoms with E-state index in [9.17, 15) is 14.9 Å². The maximum absolute atomic E-state index is 11.0. The van der Waals surface area contributed by atoms with Gasteiger partial charge >= 0.3 is 5.97 Å². The molecule has 0 saturated heterocycles. The number of nitro groups is 1. The molecule has 0 saturated carbocycles. The Morgan fingerprint density at radius 1 is 1.33 bits per heavy atom. The van der Waals surface area contributed by atoms with Gasteiger partial charge in [-0.3, -0.25) is 14.9 Å². The van der Waals surface area contributed by atoms with Crippen molar-refractivity contribution in [1.29, 1.82) is 0 Å². The van der Waals surface area contributed by atoms with Crippen LogP contribution >= 0.6 is 11.3 Å². The Kier molecular flexibility index (Phi) is 4.54. The Labute approximate surface area is 125 Å². The summed E-state index contributed by atoms with van der Waals surface area (Å²) in [6.07, 6.45) is -0.00470. The summed E-state index contributed by atoms with van der Waals surface area (Å²) < 4.78 is 0. The number of nitro benzene ring substituents is 1. The van der Waals surface area contributed by atoms with Crippen LogP contribution in [0.1, 0.15) is 15.3 Å². The van der Waals surface area contributed by atoms with E-state index < -0.39 is 10.9 Å². The Bertz CT molecular complexity index is 681. The van der Waals surface area contributed by atoms with Crippen molar-refractivity contribution in [1.82, 2.24) is 0 Å². The second kappa shape index (κ2) is 6.36. The summed E-state index contributed by atoms with van der Waals surface area (Å²) in [6.45, 7) is 2.29. The van der Waals surface area contributed by atoms with Crippen molar-refractivity contribution in [2.45, 2.75) is 19.9 Å². The number of thiophene rings is 1. The molecule has 7 heteroatoms. The predicted octanol–water partition coefficient (Wildman–Crippen LogP) is 3.20. The number of hydrogen-bond donors (Lipinski definition) is 2. The molecule has 2 rings (SSSR count). The van der Waals surface area contributed by atoms with Crippen LogP contribution in [0, 0.1) is 17.0 Å². The number of rotatable bonds is 6. The molecular weight excluding hydrogens is 292 g/mol. The summed E-state index contributed by atoms with van der Waals surface area (Å²) in [6, 6.07) is 8.49. The fraction of sp³-hybridized carbons (Fsp3) is 0.214. The second-order valence-corrected chi connectivity index (χ2v) is 5.82. The number of nitrogens with zero attached hydrogens (tertiary/aromatic N) is 1. The van der Waals surface area contributed by atoms with Gasteiger partial charge in [-0.15, -0.1) is 11.3 Å². The Morgan fingerprint density at radius 2 is 2.05 bits per heavy atom. The highest BCUT2D eigenvalue weighted by atomic mass is 32.1. The smallest absolute Gasteiger partial charge is 0.308 e. The van der Waals surface area contributed by atoms with Crippen molar-refractivity contribution in [3.05, 3.63) is 55.8 Å². The van der Waals surface area contributed by atoms with E-state index in [1.807, 2.05) is 13.0 Å². The monoisotopic (exact) mass is 306 g/mol. The van der Waals surface area contributed by atoms with Crippen LogP contribution in [0.2, 0.25) is 0 Å². The van der Waals surface area contributed by atoms with E-state index in [4.69, 9.17) is 5.11 Å². The van der Waals surface area contributed by atoms with E-state index in [-0.39, 0.29) is 12.1 Å². The Balaban J connectivity index is 2.09. The fourth-order valence-corrected chi connectivity index (χ4v) is 2.84. The van der Waals surface area contributed by atoms with Crippen LogP contribution in [0.5, 0.6) is 0 Å². The van der Waals surface area contributed by atoms with Crippen molar-refractivity contribution < 1.29 is 14.8 Å². The highest BCUT2D eigenvalue weighted by molar-refractivity contribution is 7.12. The number of aliphatic carboxylic acids is 1. The number of anilines is 1. The minimum Gasteiger partial charge on any atom is -0.481 e. The number of carboxylic acids is 1. The maximum Gasteiger partial charge on any atom is 0.308 e. The first-order chi connectivity index (χ1) is 9.95. The summed E-state index contributed by atoms with van der Waals surface area (Å²) in [7, 11) is 0. The molecule has 0 unspecified atom stereocenters. The molecule has 0 bridgehead atoms. The van der Waals surface area contributed by atoms with Crippen LogP contribution in [-0.2, 0) is 17.8 Å². The largest absolute Gasteiger partial charge is 0.481 e. The van der Waals surface area contributed by atoms with Crippen molar-refractivity contribution in [2.24, 2.45) is 0 Å². The van der Waals surface area contributed by atoms with Gasteiger partial charge in [0, 0.05) is 22.4 Å². The molecule has 0 aliphatic carbocycles. The number of carboxylic acid groups (broad SMARTS) is 1. The van der Waals surface area contributed by atoms with Gasteiger partial charge in [0.1, 0.15) is 5.69 Å². The lowest BCUT2D eigenvalue weighted by atomic mass is 10.2. The lowest BCUT2D eigenvalue weighted by Gasteiger charge is -2.06. The quantitative estimate of drug-likeness (QED) is 0.631. The molecule has 0 amide bonds. The highest BCUT2D eigenvalue weighted by Gasteiger charge is 2.13. The zero-order chi connectivity index (χ0) is 15.4. The zero-order valence-electron chi connectivity index (χ0n) is 11.3. The van der Waals surface area contributed by atoms with Crippen molar-refractivity contribution in [2.75, 3.05) is 5.32 Å². The van der Waals surface area contributed by atoms with Crippen LogP contribution < -0.4 is 5.32 Å². The summed E-state index contributed by atoms with van der Waals surface area (Å²) >= 11 is 1.39. The fourth-order valence-electron chi connectivity index (χ4n) is 1.89. The molecule has 110 valence electrons. The van der Waals surface area contributed by atoms with Crippen LogP contribution in [-0.4, -0.2) is 16.0 Å². The molecule has 0 radical (unpaired) electrons. The summed E-state index contributed by atoms with van der Waals surface area (Å²) in [5, 5.41) is 22.7. The molecule has 0 fully saturated rings. The second-order valence-electron chi connectivity index (χ2n) is 4.57. The molecule has 0 atom stereocenters. The number of carbonyl (C=O) groups is 1. The first kappa shape index (κ1) is 15.0. The van der Waals surface area contributed by atoms with Gasteiger partial charge in [0.2, 0.25) is 0 Å². The molecule has 0 aliphatic rings. The minimum atomic E-state index is -0.870. The van der Waals surface area contributed by atoms with Crippen LogP contribution in [0.3, 0.4) is 0 Å². The molecule has 21 heavy (non-hydrogen) atoms. The maximum atomic E-state index is 11.0. The first-order valence-electron chi connectivity index (χ1n) is 6.24. The van der Waals surface area contributed by atoms with Crippen molar-refractivity contribution in [3.63, 3.8) is 0 Å². The van der Waals surface area contributed by atoms with Crippen molar-refractivity contribution in [3.8, 4) is 0 Å². The average Bonchev–Trinajstić information content (AvgIpc) is 2.82. The Hall–Kier alpha value is -2.41. The molecule has 1 aromatic carbocycles. The first-order valence-corrected chi connectivity index (χ1v) is 7.05. The van der Waals surface area contributed by atoms with Crippen LogP contribution in [0.15, 0.2) is 30.3 Å². The predicted molar refractivity (Wildman–Crippen MR) is 80.8 cm³/mol. The van der Waals surface area contributed by atoms with Gasteiger partial charge in [0.25, 0.3) is 5.69 Å². The number of hydrogen-bond acceptors (Lipinski definition) is 5. The molecule has 1 aromatic heterocycles. The van der Waals surface area contributed by atoms with Gasteiger partial charge in [0.15, 0.2) is 0 Å². The van der Waals surface area contributed by atoms with Crippen molar-refractivity contribution >= 4 is 28.7 Å². The van der Waals surface area contributed by atoms with Gasteiger partial charge in [0.05, 0.1) is 11.3 Å².